The van der Waals surface area contributed by atoms with Crippen LogP contribution in [-0.2, 0) is 14.6 Å². The minimum Gasteiger partial charge on any atom is -0.497 e. The molecule has 6 nitrogen and oxygen atoms in total. The van der Waals surface area contributed by atoms with Crippen molar-refractivity contribution in [2.75, 3.05) is 30.9 Å². The molecule has 1 aliphatic rings. The Hall–Kier alpha value is -2.54. The zero-order valence-electron chi connectivity index (χ0n) is 16.9. The number of piperidine rings is 1. The quantitative estimate of drug-likeness (QED) is 0.751. The number of nitrogens with one attached hydrogen (secondary N) is 1. The van der Waals surface area contributed by atoms with Crippen LogP contribution in [0.1, 0.15) is 24.8 Å². The zero-order chi connectivity index (χ0) is 20.9. The molecule has 0 radical (unpaired) electrons. The average molecular weight is 417 g/mol. The number of rotatable bonds is 7. The predicted octanol–water partition coefficient (Wildman–Crippen LogP) is 2.95. The first-order chi connectivity index (χ1) is 13.9. The Morgan fingerprint density at radius 3 is 2.28 bits per heavy atom. The largest absolute Gasteiger partial charge is 0.497 e. The molecule has 1 heterocycles. The second-order valence-corrected chi connectivity index (χ2v) is 9.52. The monoisotopic (exact) mass is 416 g/mol. The van der Waals surface area contributed by atoms with E-state index in [2.05, 4.69) is 10.2 Å². The summed E-state index contributed by atoms with van der Waals surface area (Å²) >= 11 is 0. The van der Waals surface area contributed by atoms with Crippen molar-refractivity contribution in [2.45, 2.75) is 37.1 Å². The second kappa shape index (κ2) is 9.31. The predicted molar refractivity (Wildman–Crippen MR) is 114 cm³/mol. The fourth-order valence-corrected chi connectivity index (χ4v) is 4.71. The van der Waals surface area contributed by atoms with Crippen molar-refractivity contribution in [3.63, 3.8) is 0 Å². The molecule has 29 heavy (non-hydrogen) atoms. The highest BCUT2D eigenvalue weighted by Gasteiger charge is 2.22. The number of hydrogen-bond acceptors (Lipinski definition) is 5. The molecule has 2 aromatic carbocycles. The molecule has 0 atom stereocenters. The summed E-state index contributed by atoms with van der Waals surface area (Å²) in [5.41, 5.74) is 2.14. The van der Waals surface area contributed by atoms with E-state index in [0.29, 0.717) is 0 Å². The van der Waals surface area contributed by atoms with Crippen LogP contribution in [0.15, 0.2) is 53.4 Å². The first-order valence-electron chi connectivity index (χ1n) is 9.85. The summed E-state index contributed by atoms with van der Waals surface area (Å²) < 4.78 is 30.0. The van der Waals surface area contributed by atoms with E-state index in [1.807, 2.05) is 31.2 Å². The minimum atomic E-state index is -3.44. The molecule has 1 aliphatic heterocycles. The lowest BCUT2D eigenvalue weighted by atomic mass is 10.0. The normalized spacial score (nSPS) is 15.2. The van der Waals surface area contributed by atoms with Crippen LogP contribution >= 0.6 is 0 Å². The summed E-state index contributed by atoms with van der Waals surface area (Å²) in [4.78, 5) is 14.8. The summed E-state index contributed by atoms with van der Waals surface area (Å²) in [5, 5.41) is 2.99. The molecule has 1 amide bonds. The van der Waals surface area contributed by atoms with Crippen LogP contribution in [0.4, 0.5) is 5.69 Å². The number of nitrogens with zero attached hydrogens (tertiary/aromatic N) is 1. The first-order valence-corrected chi connectivity index (χ1v) is 11.5. The van der Waals surface area contributed by atoms with Crippen LogP contribution in [0.5, 0.6) is 5.75 Å². The standard InChI is InChI=1S/C22H28N2O4S/c1-17-3-9-21(10-4-17)29(26,27)16-13-22(25)23-18-11-14-24(15-12-18)19-5-7-20(28-2)8-6-19/h3-10,18H,11-16H2,1-2H3,(H,23,25). The molecule has 0 saturated carbocycles. The number of benzene rings is 2. The van der Waals surface area contributed by atoms with E-state index in [1.54, 1.807) is 31.4 Å². The Bertz CT molecular complexity index is 916. The van der Waals surface area contributed by atoms with Crippen LogP contribution in [0.2, 0.25) is 0 Å². The smallest absolute Gasteiger partial charge is 0.221 e. The maximum absolute atomic E-state index is 12.4. The molecule has 0 unspecified atom stereocenters. The van der Waals surface area contributed by atoms with Gasteiger partial charge in [-0.05, 0) is 56.2 Å². The molecule has 7 heteroatoms. The van der Waals surface area contributed by atoms with Crippen molar-refractivity contribution in [3.05, 3.63) is 54.1 Å². The van der Waals surface area contributed by atoms with Crippen molar-refractivity contribution >= 4 is 21.4 Å². The van der Waals surface area contributed by atoms with Gasteiger partial charge in [0.15, 0.2) is 9.84 Å². The van der Waals surface area contributed by atoms with Crippen LogP contribution in [-0.4, -0.2) is 46.3 Å². The fraction of sp³-hybridized carbons (Fsp3) is 0.409. The minimum absolute atomic E-state index is 0.0189. The van der Waals surface area contributed by atoms with Gasteiger partial charge in [-0.15, -0.1) is 0 Å². The fourth-order valence-electron chi connectivity index (χ4n) is 3.47. The third kappa shape index (κ3) is 5.73. The molecule has 2 aromatic rings. The molecule has 1 saturated heterocycles. The van der Waals surface area contributed by atoms with Gasteiger partial charge in [0.05, 0.1) is 17.8 Å². The van der Waals surface area contributed by atoms with E-state index in [1.165, 1.54) is 0 Å². The van der Waals surface area contributed by atoms with Gasteiger partial charge in [0, 0.05) is 31.2 Å². The first kappa shape index (κ1) is 21.2. The Kier molecular flexibility index (Phi) is 6.79. The van der Waals surface area contributed by atoms with Gasteiger partial charge in [-0.3, -0.25) is 4.79 Å². The van der Waals surface area contributed by atoms with Crippen LogP contribution in [0, 0.1) is 6.92 Å². The number of carbonyl (C=O) groups is 1. The Labute approximate surface area is 172 Å². The van der Waals surface area contributed by atoms with Gasteiger partial charge >= 0.3 is 0 Å². The topological polar surface area (TPSA) is 75.7 Å². The van der Waals surface area contributed by atoms with Crippen molar-refractivity contribution in [1.82, 2.24) is 5.32 Å². The van der Waals surface area contributed by atoms with Crippen molar-refractivity contribution in [1.29, 1.82) is 0 Å². The third-order valence-electron chi connectivity index (χ3n) is 5.28. The maximum Gasteiger partial charge on any atom is 0.221 e. The Balaban J connectivity index is 1.45. The highest BCUT2D eigenvalue weighted by molar-refractivity contribution is 7.91. The number of amides is 1. The molecule has 0 aromatic heterocycles. The maximum atomic E-state index is 12.4. The highest BCUT2D eigenvalue weighted by Crippen LogP contribution is 2.23. The number of aryl methyl sites for hydroxylation is 1. The molecule has 3 rings (SSSR count). The summed E-state index contributed by atoms with van der Waals surface area (Å²) in [6, 6.07) is 14.8. The summed E-state index contributed by atoms with van der Waals surface area (Å²) in [6.07, 6.45) is 1.65. The van der Waals surface area contributed by atoms with E-state index in [-0.39, 0.29) is 29.0 Å². The molecule has 1 fully saturated rings. The number of carbonyl (C=O) groups excluding carboxylic acids is 1. The number of sulfone groups is 1. The molecular formula is C22H28N2O4S. The van der Waals surface area contributed by atoms with Crippen LogP contribution in [0.3, 0.4) is 0 Å². The van der Waals surface area contributed by atoms with Gasteiger partial charge in [-0.2, -0.15) is 0 Å². The lowest BCUT2D eigenvalue weighted by molar-refractivity contribution is -0.121. The SMILES string of the molecule is COc1ccc(N2CCC(NC(=O)CCS(=O)(=O)c3ccc(C)cc3)CC2)cc1. The van der Waals surface area contributed by atoms with Crippen molar-refractivity contribution in [2.24, 2.45) is 0 Å². The summed E-state index contributed by atoms with van der Waals surface area (Å²) in [7, 11) is -1.79. The Morgan fingerprint density at radius 2 is 1.69 bits per heavy atom. The number of methoxy groups -OCH3 is 1. The molecular weight excluding hydrogens is 388 g/mol. The number of hydrogen-bond donors (Lipinski definition) is 1. The van der Waals surface area contributed by atoms with Gasteiger partial charge in [0.25, 0.3) is 0 Å². The summed E-state index contributed by atoms with van der Waals surface area (Å²) in [6.45, 7) is 3.60. The van der Waals surface area contributed by atoms with E-state index in [4.69, 9.17) is 4.74 Å². The molecule has 1 N–H and O–H groups in total. The van der Waals surface area contributed by atoms with E-state index >= 15 is 0 Å². The molecule has 156 valence electrons. The average Bonchev–Trinajstić information content (AvgIpc) is 2.73. The van der Waals surface area contributed by atoms with Gasteiger partial charge in [0.1, 0.15) is 5.75 Å². The highest BCUT2D eigenvalue weighted by atomic mass is 32.2. The van der Waals surface area contributed by atoms with Crippen LogP contribution in [0.25, 0.3) is 0 Å². The van der Waals surface area contributed by atoms with E-state index in [0.717, 1.165) is 42.9 Å². The lowest BCUT2D eigenvalue weighted by Gasteiger charge is -2.34. The second-order valence-electron chi connectivity index (χ2n) is 7.41. The van der Waals surface area contributed by atoms with Gasteiger partial charge in [0.2, 0.25) is 5.91 Å². The number of anilines is 1. The Morgan fingerprint density at radius 1 is 1.07 bits per heavy atom. The molecule has 0 aliphatic carbocycles. The van der Waals surface area contributed by atoms with E-state index < -0.39 is 9.84 Å². The van der Waals surface area contributed by atoms with E-state index in [9.17, 15) is 13.2 Å². The number of ether oxygens (including phenoxy) is 1. The van der Waals surface area contributed by atoms with Crippen molar-refractivity contribution < 1.29 is 17.9 Å². The zero-order valence-corrected chi connectivity index (χ0v) is 17.7. The molecule has 0 bridgehead atoms. The third-order valence-corrected chi connectivity index (χ3v) is 7.01. The van der Waals surface area contributed by atoms with Gasteiger partial charge < -0.3 is 15.0 Å². The summed E-state index contributed by atoms with van der Waals surface area (Å²) in [5.74, 6) is 0.451. The van der Waals surface area contributed by atoms with Crippen molar-refractivity contribution in [3.8, 4) is 5.75 Å². The molecule has 0 spiro atoms. The van der Waals surface area contributed by atoms with Gasteiger partial charge in [-0.1, -0.05) is 17.7 Å². The van der Waals surface area contributed by atoms with Gasteiger partial charge in [-0.25, -0.2) is 8.42 Å². The lowest BCUT2D eigenvalue weighted by Crippen LogP contribution is -2.45. The van der Waals surface area contributed by atoms with Crippen LogP contribution < -0.4 is 15.0 Å².